The lowest BCUT2D eigenvalue weighted by atomic mass is 10.1. The number of rotatable bonds is 5. The van der Waals surface area contributed by atoms with Crippen molar-refractivity contribution in [3.05, 3.63) is 36.5 Å². The van der Waals surface area contributed by atoms with Gasteiger partial charge in [-0.2, -0.15) is 0 Å². The normalized spacial score (nSPS) is 18.9. The summed E-state index contributed by atoms with van der Waals surface area (Å²) in [5, 5.41) is 6.11. The van der Waals surface area contributed by atoms with Gasteiger partial charge in [0.15, 0.2) is 0 Å². The highest BCUT2D eigenvalue weighted by atomic mass is 15.2. The molecule has 1 atom stereocenters. The maximum Gasteiger partial charge on any atom is 0.136 e. The van der Waals surface area contributed by atoms with Crippen molar-refractivity contribution in [1.29, 1.82) is 0 Å². The lowest BCUT2D eigenvalue weighted by molar-refractivity contribution is 0.569. The van der Waals surface area contributed by atoms with Gasteiger partial charge in [0.05, 0.1) is 0 Å². The molecule has 0 spiro atoms. The molecular formula is C17H23N3. The molecule has 1 aromatic carbocycles. The largest absolute Gasteiger partial charge is 0.352 e. The number of aromatic nitrogens is 1. The fourth-order valence-electron chi connectivity index (χ4n) is 3.10. The van der Waals surface area contributed by atoms with Crippen LogP contribution in [0.5, 0.6) is 0 Å². The zero-order valence-electron chi connectivity index (χ0n) is 12.2. The molecule has 2 heterocycles. The molecule has 0 amide bonds. The number of fused-ring (bicyclic) bond motifs is 1. The van der Waals surface area contributed by atoms with Gasteiger partial charge in [-0.3, -0.25) is 0 Å². The summed E-state index contributed by atoms with van der Waals surface area (Å²) in [6, 6.07) is 11.2. The molecule has 20 heavy (non-hydrogen) atoms. The molecule has 0 aliphatic carbocycles. The highest BCUT2D eigenvalue weighted by Crippen LogP contribution is 2.29. The van der Waals surface area contributed by atoms with Crippen LogP contribution in [0.25, 0.3) is 10.8 Å². The first kappa shape index (κ1) is 13.4. The van der Waals surface area contributed by atoms with Gasteiger partial charge in [-0.25, -0.2) is 4.98 Å². The molecule has 1 unspecified atom stereocenters. The van der Waals surface area contributed by atoms with Gasteiger partial charge in [0.2, 0.25) is 0 Å². The predicted molar refractivity (Wildman–Crippen MR) is 85.3 cm³/mol. The fourth-order valence-corrected chi connectivity index (χ4v) is 3.10. The summed E-state index contributed by atoms with van der Waals surface area (Å²) in [4.78, 5) is 7.16. The minimum absolute atomic E-state index is 0.583. The molecule has 3 nitrogen and oxygen atoms in total. The average Bonchev–Trinajstić information content (AvgIpc) is 2.95. The van der Waals surface area contributed by atoms with E-state index in [0.29, 0.717) is 6.04 Å². The van der Waals surface area contributed by atoms with Crippen molar-refractivity contribution in [2.45, 2.75) is 32.2 Å². The molecule has 1 aliphatic rings. The van der Waals surface area contributed by atoms with Gasteiger partial charge in [-0.15, -0.1) is 0 Å². The summed E-state index contributed by atoms with van der Waals surface area (Å²) < 4.78 is 0. The second kappa shape index (κ2) is 6.23. The number of anilines is 1. The molecule has 1 aromatic heterocycles. The minimum atomic E-state index is 0.583. The number of hydrogen-bond acceptors (Lipinski definition) is 3. The summed E-state index contributed by atoms with van der Waals surface area (Å²) >= 11 is 0. The van der Waals surface area contributed by atoms with Crippen molar-refractivity contribution >= 4 is 16.6 Å². The highest BCUT2D eigenvalue weighted by molar-refractivity contribution is 5.92. The van der Waals surface area contributed by atoms with Crippen LogP contribution >= 0.6 is 0 Å². The second-order valence-corrected chi connectivity index (χ2v) is 5.55. The van der Waals surface area contributed by atoms with Crippen molar-refractivity contribution in [3.63, 3.8) is 0 Å². The van der Waals surface area contributed by atoms with Crippen LogP contribution in [0.4, 0.5) is 5.82 Å². The standard InChI is InChI=1S/C17H23N3/c1-2-10-18-13-15-7-5-12-20(15)17-16-8-4-3-6-14(16)9-11-19-17/h3-4,6,8-9,11,15,18H,2,5,7,10,12-13H2,1H3. The zero-order valence-corrected chi connectivity index (χ0v) is 12.2. The molecule has 0 bridgehead atoms. The topological polar surface area (TPSA) is 28.2 Å². The van der Waals surface area contributed by atoms with E-state index in [1.807, 2.05) is 6.20 Å². The van der Waals surface area contributed by atoms with E-state index >= 15 is 0 Å². The van der Waals surface area contributed by atoms with Gasteiger partial charge in [0.25, 0.3) is 0 Å². The van der Waals surface area contributed by atoms with E-state index in [9.17, 15) is 0 Å². The van der Waals surface area contributed by atoms with Crippen molar-refractivity contribution < 1.29 is 0 Å². The van der Waals surface area contributed by atoms with E-state index < -0.39 is 0 Å². The van der Waals surface area contributed by atoms with Gasteiger partial charge in [0, 0.05) is 30.7 Å². The summed E-state index contributed by atoms with van der Waals surface area (Å²) in [7, 11) is 0. The lowest BCUT2D eigenvalue weighted by Crippen LogP contribution is -2.38. The van der Waals surface area contributed by atoms with Gasteiger partial charge in [-0.05, 0) is 37.3 Å². The van der Waals surface area contributed by atoms with Crippen LogP contribution in [0.1, 0.15) is 26.2 Å². The predicted octanol–water partition coefficient (Wildman–Crippen LogP) is 3.20. The second-order valence-electron chi connectivity index (χ2n) is 5.55. The van der Waals surface area contributed by atoms with Crippen LogP contribution in [0, 0.1) is 0 Å². The molecule has 106 valence electrons. The van der Waals surface area contributed by atoms with Crippen molar-refractivity contribution in [2.24, 2.45) is 0 Å². The first-order chi connectivity index (χ1) is 9.90. The van der Waals surface area contributed by atoms with E-state index in [1.54, 1.807) is 0 Å². The van der Waals surface area contributed by atoms with Gasteiger partial charge >= 0.3 is 0 Å². The number of hydrogen-bond donors (Lipinski definition) is 1. The third-order valence-electron chi connectivity index (χ3n) is 4.11. The molecule has 3 rings (SSSR count). The Morgan fingerprint density at radius 2 is 2.20 bits per heavy atom. The number of nitrogens with zero attached hydrogens (tertiary/aromatic N) is 2. The van der Waals surface area contributed by atoms with E-state index in [2.05, 4.69) is 52.5 Å². The van der Waals surface area contributed by atoms with Crippen molar-refractivity contribution in [1.82, 2.24) is 10.3 Å². The SMILES string of the molecule is CCCNCC1CCCN1c1nccc2ccccc12. The molecule has 1 fully saturated rings. The Bertz CT molecular complexity index is 562. The first-order valence-electron chi connectivity index (χ1n) is 7.71. The lowest BCUT2D eigenvalue weighted by Gasteiger charge is -2.27. The maximum atomic E-state index is 4.67. The third kappa shape index (κ3) is 2.63. The Morgan fingerprint density at radius 3 is 3.10 bits per heavy atom. The smallest absolute Gasteiger partial charge is 0.136 e. The average molecular weight is 269 g/mol. The Kier molecular flexibility index (Phi) is 4.16. The summed E-state index contributed by atoms with van der Waals surface area (Å²) in [5.74, 6) is 1.16. The molecule has 1 N–H and O–H groups in total. The van der Waals surface area contributed by atoms with Crippen LogP contribution in [0.2, 0.25) is 0 Å². The van der Waals surface area contributed by atoms with E-state index in [-0.39, 0.29) is 0 Å². The Morgan fingerprint density at radius 1 is 1.30 bits per heavy atom. The van der Waals surface area contributed by atoms with Crippen LogP contribution in [0.3, 0.4) is 0 Å². The van der Waals surface area contributed by atoms with E-state index in [0.717, 1.165) is 25.5 Å². The van der Waals surface area contributed by atoms with Gasteiger partial charge in [-0.1, -0.05) is 31.2 Å². The van der Waals surface area contributed by atoms with Crippen LogP contribution < -0.4 is 10.2 Å². The van der Waals surface area contributed by atoms with Gasteiger partial charge < -0.3 is 10.2 Å². The Balaban J connectivity index is 1.86. The molecule has 3 heteroatoms. The zero-order chi connectivity index (χ0) is 13.8. The van der Waals surface area contributed by atoms with Crippen molar-refractivity contribution in [2.75, 3.05) is 24.5 Å². The summed E-state index contributed by atoms with van der Waals surface area (Å²) in [6.07, 6.45) is 5.66. The fraction of sp³-hybridized carbons (Fsp3) is 0.471. The monoisotopic (exact) mass is 269 g/mol. The number of pyridine rings is 1. The molecule has 0 saturated carbocycles. The maximum absolute atomic E-state index is 4.67. The molecule has 2 aromatic rings. The third-order valence-corrected chi connectivity index (χ3v) is 4.11. The highest BCUT2D eigenvalue weighted by Gasteiger charge is 2.26. The van der Waals surface area contributed by atoms with Crippen LogP contribution in [-0.2, 0) is 0 Å². The molecule has 1 aliphatic heterocycles. The van der Waals surface area contributed by atoms with E-state index in [1.165, 1.54) is 30.0 Å². The van der Waals surface area contributed by atoms with Crippen LogP contribution in [-0.4, -0.2) is 30.7 Å². The summed E-state index contributed by atoms with van der Waals surface area (Å²) in [6.45, 7) is 5.51. The van der Waals surface area contributed by atoms with E-state index in [4.69, 9.17) is 0 Å². The molecule has 0 radical (unpaired) electrons. The molecular weight excluding hydrogens is 246 g/mol. The molecule has 1 saturated heterocycles. The minimum Gasteiger partial charge on any atom is -0.352 e. The number of nitrogens with one attached hydrogen (secondary N) is 1. The Hall–Kier alpha value is -1.61. The summed E-state index contributed by atoms with van der Waals surface area (Å²) in [5.41, 5.74) is 0. The van der Waals surface area contributed by atoms with Gasteiger partial charge in [0.1, 0.15) is 5.82 Å². The van der Waals surface area contributed by atoms with Crippen molar-refractivity contribution in [3.8, 4) is 0 Å². The quantitative estimate of drug-likeness (QED) is 0.845. The Labute approximate surface area is 121 Å². The first-order valence-corrected chi connectivity index (χ1v) is 7.71. The number of benzene rings is 1. The van der Waals surface area contributed by atoms with Crippen LogP contribution in [0.15, 0.2) is 36.5 Å².